The van der Waals surface area contributed by atoms with Crippen LogP contribution >= 0.6 is 22.9 Å². The summed E-state index contributed by atoms with van der Waals surface area (Å²) in [5.41, 5.74) is 7.47. The Kier molecular flexibility index (Phi) is 8.12. The summed E-state index contributed by atoms with van der Waals surface area (Å²) in [4.78, 5) is 42.9. The van der Waals surface area contributed by atoms with Crippen LogP contribution in [0, 0.1) is 6.92 Å². The van der Waals surface area contributed by atoms with E-state index in [2.05, 4.69) is 35.2 Å². The van der Waals surface area contributed by atoms with Crippen LogP contribution in [0.15, 0.2) is 36.4 Å². The van der Waals surface area contributed by atoms with Crippen LogP contribution in [0.4, 0.5) is 5.69 Å². The Hall–Kier alpha value is -3.57. The largest absolute Gasteiger partial charge is 0.330 e. The number of benzene rings is 2. The number of thiazole rings is 1. The number of rotatable bonds is 7. The molecule has 0 saturated carbocycles. The smallest absolute Gasteiger partial charge is 0.291 e. The van der Waals surface area contributed by atoms with E-state index in [1.54, 1.807) is 11.3 Å². The summed E-state index contributed by atoms with van der Waals surface area (Å²) in [6.07, 6.45) is 0.865. The fourth-order valence-electron chi connectivity index (χ4n) is 5.81. The number of amides is 2. The lowest BCUT2D eigenvalue weighted by atomic mass is 9.96. The molecule has 11 heteroatoms. The van der Waals surface area contributed by atoms with E-state index in [0.717, 1.165) is 75.3 Å². The lowest BCUT2D eigenvalue weighted by Crippen LogP contribution is -2.35. The minimum absolute atomic E-state index is 0.131. The number of fused-ring (bicyclic) bond motifs is 2. The Balaban J connectivity index is 1.23. The van der Waals surface area contributed by atoms with Gasteiger partial charge in [0, 0.05) is 48.3 Å². The van der Waals surface area contributed by atoms with Gasteiger partial charge in [-0.05, 0) is 44.8 Å². The van der Waals surface area contributed by atoms with Gasteiger partial charge in [-0.25, -0.2) is 9.97 Å². The van der Waals surface area contributed by atoms with Gasteiger partial charge in [-0.1, -0.05) is 48.9 Å². The molecule has 9 nitrogen and oxygen atoms in total. The molecule has 2 aromatic carbocycles. The summed E-state index contributed by atoms with van der Waals surface area (Å²) in [6, 6.07) is 11.8. The van der Waals surface area contributed by atoms with E-state index in [1.165, 1.54) is 0 Å². The highest BCUT2D eigenvalue weighted by Crippen LogP contribution is 2.41. The summed E-state index contributed by atoms with van der Waals surface area (Å²) >= 11 is 8.60. The standard InChI is InChI=1S/C32H36ClN7O2S/c1-6-37(3)18-28(41)40-16-25-27(17-40)43-32(36-25)21-10-7-9-20(19(21)2)22-11-8-12-23(29(22)33)35-31(42)30-34-24-15-38(4)14-13-26(24)39(30)5/h7-12H,6,13-18H2,1-5H3,(H,35,42). The molecule has 224 valence electrons. The first-order valence-corrected chi connectivity index (χ1v) is 15.7. The number of likely N-dealkylation sites (N-methyl/N-ethyl adjacent to an activating group) is 2. The Morgan fingerprint density at radius 2 is 1.77 bits per heavy atom. The van der Waals surface area contributed by atoms with Crippen molar-refractivity contribution in [1.82, 2.24) is 29.2 Å². The number of aromatic nitrogens is 3. The van der Waals surface area contributed by atoms with Gasteiger partial charge in [0.2, 0.25) is 5.91 Å². The van der Waals surface area contributed by atoms with Crippen molar-refractivity contribution in [2.24, 2.45) is 7.05 Å². The van der Waals surface area contributed by atoms with E-state index in [0.29, 0.717) is 36.2 Å². The van der Waals surface area contributed by atoms with Crippen molar-refractivity contribution in [2.45, 2.75) is 39.9 Å². The van der Waals surface area contributed by atoms with Gasteiger partial charge in [0.25, 0.3) is 5.91 Å². The van der Waals surface area contributed by atoms with Gasteiger partial charge >= 0.3 is 0 Å². The van der Waals surface area contributed by atoms with Gasteiger partial charge in [-0.3, -0.25) is 14.5 Å². The third-order valence-electron chi connectivity index (χ3n) is 8.50. The molecule has 4 aromatic rings. The highest BCUT2D eigenvalue weighted by atomic mass is 35.5. The van der Waals surface area contributed by atoms with Crippen LogP contribution in [0.25, 0.3) is 21.7 Å². The zero-order chi connectivity index (χ0) is 30.4. The van der Waals surface area contributed by atoms with Gasteiger partial charge in [-0.15, -0.1) is 11.3 Å². The zero-order valence-corrected chi connectivity index (χ0v) is 26.8. The van der Waals surface area contributed by atoms with Crippen molar-refractivity contribution >= 4 is 40.4 Å². The minimum atomic E-state index is -0.282. The maximum Gasteiger partial charge on any atom is 0.291 e. The first-order valence-electron chi connectivity index (χ1n) is 14.5. The van der Waals surface area contributed by atoms with Crippen LogP contribution < -0.4 is 5.32 Å². The lowest BCUT2D eigenvalue weighted by Gasteiger charge is -2.21. The summed E-state index contributed by atoms with van der Waals surface area (Å²) in [7, 11) is 5.91. The van der Waals surface area contributed by atoms with Crippen LogP contribution in [-0.2, 0) is 37.9 Å². The molecule has 0 spiro atoms. The summed E-state index contributed by atoms with van der Waals surface area (Å²) in [6.45, 7) is 8.20. The molecule has 0 fully saturated rings. The number of imidazole rings is 1. The van der Waals surface area contributed by atoms with Gasteiger partial charge < -0.3 is 19.7 Å². The molecule has 0 aliphatic carbocycles. The van der Waals surface area contributed by atoms with E-state index < -0.39 is 0 Å². The average Bonchev–Trinajstić information content (AvgIpc) is 3.66. The number of hydrogen-bond acceptors (Lipinski definition) is 7. The molecule has 2 aromatic heterocycles. The molecule has 43 heavy (non-hydrogen) atoms. The molecule has 6 rings (SSSR count). The highest BCUT2D eigenvalue weighted by Gasteiger charge is 2.29. The van der Waals surface area contributed by atoms with Crippen LogP contribution in [-0.4, -0.2) is 74.8 Å². The molecule has 0 radical (unpaired) electrons. The second kappa shape index (κ2) is 11.8. The number of nitrogens with one attached hydrogen (secondary N) is 1. The second-order valence-electron chi connectivity index (χ2n) is 11.4. The molecule has 0 unspecified atom stereocenters. The van der Waals surface area contributed by atoms with E-state index >= 15 is 0 Å². The van der Waals surface area contributed by atoms with E-state index in [4.69, 9.17) is 16.6 Å². The Morgan fingerprint density at radius 3 is 2.53 bits per heavy atom. The van der Waals surface area contributed by atoms with Crippen molar-refractivity contribution in [3.05, 3.63) is 74.8 Å². The molecule has 2 amide bonds. The molecule has 2 aliphatic rings. The summed E-state index contributed by atoms with van der Waals surface area (Å²) in [5.74, 6) is 0.232. The van der Waals surface area contributed by atoms with Crippen LogP contribution in [0.1, 0.15) is 45.1 Å². The second-order valence-corrected chi connectivity index (χ2v) is 12.9. The average molecular weight is 618 g/mol. The first-order chi connectivity index (χ1) is 20.6. The van der Waals surface area contributed by atoms with Crippen molar-refractivity contribution in [3.8, 4) is 21.7 Å². The maximum absolute atomic E-state index is 13.3. The molecule has 4 heterocycles. The SMILES string of the molecule is CCN(C)CC(=O)N1Cc2nc(-c3cccc(-c4cccc(NC(=O)c5nc6c(n5C)CCN(C)C6)c4Cl)c3C)sc2C1. The molecule has 1 N–H and O–H groups in total. The molecule has 0 saturated heterocycles. The van der Waals surface area contributed by atoms with Crippen LogP contribution in [0.2, 0.25) is 5.02 Å². The third-order valence-corrected chi connectivity index (χ3v) is 10.0. The van der Waals surface area contributed by atoms with Crippen molar-refractivity contribution in [1.29, 1.82) is 0 Å². The van der Waals surface area contributed by atoms with Crippen LogP contribution in [0.3, 0.4) is 0 Å². The highest BCUT2D eigenvalue weighted by molar-refractivity contribution is 7.15. The predicted octanol–water partition coefficient (Wildman–Crippen LogP) is 5.21. The molecular formula is C32H36ClN7O2S. The lowest BCUT2D eigenvalue weighted by molar-refractivity contribution is -0.132. The topological polar surface area (TPSA) is 86.6 Å². The fraction of sp³-hybridized carbons (Fsp3) is 0.375. The summed E-state index contributed by atoms with van der Waals surface area (Å²) < 4.78 is 1.90. The first kappa shape index (κ1) is 29.5. The van der Waals surface area contributed by atoms with Crippen molar-refractivity contribution in [3.63, 3.8) is 0 Å². The quantitative estimate of drug-likeness (QED) is 0.307. The number of halogens is 1. The monoisotopic (exact) mass is 617 g/mol. The van der Waals surface area contributed by atoms with Gasteiger partial charge in [0.15, 0.2) is 5.82 Å². The minimum Gasteiger partial charge on any atom is -0.330 e. The van der Waals surface area contributed by atoms with Crippen molar-refractivity contribution < 1.29 is 9.59 Å². The Morgan fingerprint density at radius 1 is 1.02 bits per heavy atom. The van der Waals surface area contributed by atoms with E-state index in [1.807, 2.05) is 65.7 Å². The van der Waals surface area contributed by atoms with Gasteiger partial charge in [0.05, 0.1) is 41.7 Å². The van der Waals surface area contributed by atoms with E-state index in [9.17, 15) is 9.59 Å². The maximum atomic E-state index is 13.3. The molecule has 2 aliphatic heterocycles. The number of carbonyl (C=O) groups is 2. The van der Waals surface area contributed by atoms with Gasteiger partial charge in [-0.2, -0.15) is 0 Å². The van der Waals surface area contributed by atoms with Gasteiger partial charge in [0.1, 0.15) is 5.01 Å². The predicted molar refractivity (Wildman–Crippen MR) is 171 cm³/mol. The Labute approximate surface area is 261 Å². The molecule has 0 bridgehead atoms. The normalized spacial score (nSPS) is 14.7. The Bertz CT molecular complexity index is 1710. The third kappa shape index (κ3) is 5.60. The summed E-state index contributed by atoms with van der Waals surface area (Å²) in [5, 5.41) is 4.42. The number of hydrogen-bond donors (Lipinski definition) is 1. The number of nitrogens with zero attached hydrogens (tertiary/aromatic N) is 6. The van der Waals surface area contributed by atoms with Crippen LogP contribution in [0.5, 0.6) is 0 Å². The fourth-order valence-corrected chi connectivity index (χ4v) is 7.25. The molecule has 0 atom stereocenters. The molecular weight excluding hydrogens is 582 g/mol. The number of carbonyl (C=O) groups excluding carboxylic acids is 2. The zero-order valence-electron chi connectivity index (χ0n) is 25.2. The van der Waals surface area contributed by atoms with Crippen molar-refractivity contribution in [2.75, 3.05) is 39.0 Å². The number of anilines is 1. The van der Waals surface area contributed by atoms with E-state index in [-0.39, 0.29) is 11.8 Å².